The fourth-order valence-electron chi connectivity index (χ4n) is 4.51. The van der Waals surface area contributed by atoms with E-state index in [1.165, 1.54) is 0 Å². The van der Waals surface area contributed by atoms with E-state index >= 15 is 0 Å². The number of carbonyl (C=O) groups excluding carboxylic acids is 2. The highest BCUT2D eigenvalue weighted by Crippen LogP contribution is 2.31. The summed E-state index contributed by atoms with van der Waals surface area (Å²) in [6.07, 6.45) is 1.64. The normalized spacial score (nSPS) is 13.5. The number of urea groups is 2. The number of nitrogens with one attached hydrogen (secondary N) is 3. The predicted octanol–water partition coefficient (Wildman–Crippen LogP) is 6.08. The van der Waals surface area contributed by atoms with Crippen LogP contribution in [-0.2, 0) is 0 Å². The smallest absolute Gasteiger partial charge is 0.323 e. The molecule has 0 spiro atoms. The Bertz CT molecular complexity index is 1290. The zero-order chi connectivity index (χ0) is 27.8. The van der Waals surface area contributed by atoms with Crippen LogP contribution in [0.1, 0.15) is 29.9 Å². The van der Waals surface area contributed by atoms with Gasteiger partial charge < -0.3 is 35.4 Å². The van der Waals surface area contributed by atoms with Crippen molar-refractivity contribution in [2.75, 3.05) is 49.4 Å². The molecule has 1 aliphatic heterocycles. The highest BCUT2D eigenvalue weighted by Gasteiger charge is 2.24. The van der Waals surface area contributed by atoms with Crippen LogP contribution in [0.15, 0.2) is 60.7 Å². The Morgan fingerprint density at radius 3 is 2.41 bits per heavy atom. The molecule has 0 aromatic heterocycles. The Balaban J connectivity index is 1.28. The number of aliphatic hydroxyl groups is 1. The Morgan fingerprint density at radius 1 is 0.974 bits per heavy atom. The van der Waals surface area contributed by atoms with E-state index in [1.807, 2.05) is 49.4 Å². The fourth-order valence-corrected chi connectivity index (χ4v) is 4.67. The van der Waals surface area contributed by atoms with E-state index in [1.54, 1.807) is 30.2 Å². The maximum Gasteiger partial charge on any atom is 0.323 e. The number of anilines is 3. The maximum atomic E-state index is 12.8. The third kappa shape index (κ3) is 7.55. The molecule has 1 aliphatic rings. The van der Waals surface area contributed by atoms with Crippen LogP contribution in [0, 0.1) is 6.92 Å². The first-order valence-electron chi connectivity index (χ1n) is 12.8. The number of hydrogen-bond acceptors (Lipinski definition) is 5. The number of halogens is 1. The number of hydrogen-bond donors (Lipinski definition) is 4. The van der Waals surface area contributed by atoms with Crippen molar-refractivity contribution in [3.05, 3.63) is 76.8 Å². The van der Waals surface area contributed by atoms with Crippen LogP contribution in [0.25, 0.3) is 0 Å². The molecule has 0 bridgehead atoms. The van der Waals surface area contributed by atoms with E-state index in [0.29, 0.717) is 52.6 Å². The minimum absolute atomic E-state index is 0.0997. The molecule has 0 atom stereocenters. The van der Waals surface area contributed by atoms with Gasteiger partial charge in [0, 0.05) is 24.8 Å². The molecule has 0 radical (unpaired) electrons. The zero-order valence-electron chi connectivity index (χ0n) is 22.0. The first-order valence-corrected chi connectivity index (χ1v) is 13.2. The average Bonchev–Trinajstić information content (AvgIpc) is 2.94. The topological polar surface area (TPSA) is 112 Å². The van der Waals surface area contributed by atoms with Gasteiger partial charge >= 0.3 is 12.1 Å². The van der Waals surface area contributed by atoms with Gasteiger partial charge in [0.25, 0.3) is 0 Å². The van der Waals surface area contributed by atoms with Crippen molar-refractivity contribution in [3.8, 4) is 11.5 Å². The first kappa shape index (κ1) is 28.1. The lowest BCUT2D eigenvalue weighted by atomic mass is 9.89. The second-order valence-electron chi connectivity index (χ2n) is 9.31. The minimum Gasteiger partial charge on any atom is -0.495 e. The van der Waals surface area contributed by atoms with Crippen LogP contribution in [0.2, 0.25) is 5.02 Å². The van der Waals surface area contributed by atoms with Crippen molar-refractivity contribution in [1.82, 2.24) is 4.90 Å². The highest BCUT2D eigenvalue weighted by molar-refractivity contribution is 6.33. The summed E-state index contributed by atoms with van der Waals surface area (Å²) in [6.45, 7) is 3.22. The van der Waals surface area contributed by atoms with Crippen LogP contribution in [-0.4, -0.2) is 55.5 Å². The van der Waals surface area contributed by atoms with Gasteiger partial charge in [0.15, 0.2) is 0 Å². The van der Waals surface area contributed by atoms with Gasteiger partial charge in [-0.1, -0.05) is 29.8 Å². The third-order valence-corrected chi connectivity index (χ3v) is 6.89. The lowest BCUT2D eigenvalue weighted by Gasteiger charge is -2.32. The number of rotatable bonds is 8. The van der Waals surface area contributed by atoms with Gasteiger partial charge in [-0.3, -0.25) is 0 Å². The molecule has 3 aromatic carbocycles. The van der Waals surface area contributed by atoms with E-state index in [4.69, 9.17) is 26.2 Å². The Hall–Kier alpha value is -3.95. The molecule has 4 amide bonds. The van der Waals surface area contributed by atoms with Crippen molar-refractivity contribution in [2.45, 2.75) is 25.7 Å². The first-order chi connectivity index (χ1) is 18.9. The van der Waals surface area contributed by atoms with Crippen molar-refractivity contribution >= 4 is 40.7 Å². The fraction of sp³-hybridized carbons (Fsp3) is 0.310. The van der Waals surface area contributed by atoms with Crippen molar-refractivity contribution in [3.63, 3.8) is 0 Å². The van der Waals surface area contributed by atoms with Crippen LogP contribution in [0.5, 0.6) is 11.5 Å². The standard InChI is InChI=1S/C29H33ClN4O5/c1-19-3-10-27(38-2)26(17-19)32-28(36)31-22-6-4-20(5-7-22)21-11-13-34(14-12-21)29(37)33-25-18-23(39-16-15-35)8-9-24(25)30/h3-10,17-18,21,35H,11-16H2,1-2H3,(H,33,37)(H2,31,32,36). The molecule has 1 fully saturated rings. The summed E-state index contributed by atoms with van der Waals surface area (Å²) in [5.74, 6) is 1.43. The molecule has 39 heavy (non-hydrogen) atoms. The van der Waals surface area contributed by atoms with Crippen LogP contribution < -0.4 is 25.4 Å². The second-order valence-corrected chi connectivity index (χ2v) is 9.72. The molecule has 0 aliphatic carbocycles. The van der Waals surface area contributed by atoms with E-state index in [2.05, 4.69) is 16.0 Å². The maximum absolute atomic E-state index is 12.8. The Morgan fingerprint density at radius 2 is 1.72 bits per heavy atom. The number of likely N-dealkylation sites (tertiary alicyclic amines) is 1. The van der Waals surface area contributed by atoms with Gasteiger partial charge in [-0.15, -0.1) is 0 Å². The number of benzene rings is 3. The van der Waals surface area contributed by atoms with Crippen molar-refractivity contribution < 1.29 is 24.2 Å². The van der Waals surface area contributed by atoms with Crippen LogP contribution in [0.3, 0.4) is 0 Å². The van der Waals surface area contributed by atoms with Gasteiger partial charge in [-0.25, -0.2) is 9.59 Å². The molecule has 1 heterocycles. The number of methoxy groups -OCH3 is 1. The van der Waals surface area contributed by atoms with Gasteiger partial charge in [-0.05, 0) is 73.2 Å². The SMILES string of the molecule is COc1ccc(C)cc1NC(=O)Nc1ccc(C2CCN(C(=O)Nc3cc(OCCO)ccc3Cl)CC2)cc1. The second kappa shape index (κ2) is 13.2. The molecule has 206 valence electrons. The summed E-state index contributed by atoms with van der Waals surface area (Å²) in [7, 11) is 1.56. The summed E-state index contributed by atoms with van der Waals surface area (Å²) < 4.78 is 10.7. The molecule has 10 heteroatoms. The number of nitrogens with zero attached hydrogens (tertiary/aromatic N) is 1. The van der Waals surface area contributed by atoms with Gasteiger partial charge in [-0.2, -0.15) is 0 Å². The molecular weight excluding hydrogens is 520 g/mol. The minimum atomic E-state index is -0.350. The summed E-state index contributed by atoms with van der Waals surface area (Å²) >= 11 is 6.25. The van der Waals surface area contributed by atoms with Crippen LogP contribution >= 0.6 is 11.6 Å². The molecule has 0 saturated carbocycles. The molecule has 0 unspecified atom stereocenters. The largest absolute Gasteiger partial charge is 0.495 e. The number of carbonyl (C=O) groups is 2. The van der Waals surface area contributed by atoms with Crippen molar-refractivity contribution in [2.24, 2.45) is 0 Å². The molecule has 1 saturated heterocycles. The zero-order valence-corrected chi connectivity index (χ0v) is 22.8. The number of ether oxygens (including phenoxy) is 2. The molecular formula is C29H33ClN4O5. The number of piperidine rings is 1. The molecule has 3 aromatic rings. The van der Waals surface area contributed by atoms with Gasteiger partial charge in [0.2, 0.25) is 0 Å². The molecule has 9 nitrogen and oxygen atoms in total. The quantitative estimate of drug-likeness (QED) is 0.270. The number of amides is 4. The van der Waals surface area contributed by atoms with E-state index in [0.717, 1.165) is 24.0 Å². The number of aryl methyl sites for hydroxylation is 1. The summed E-state index contributed by atoms with van der Waals surface area (Å²) in [5.41, 5.74) is 3.93. The molecule has 4 rings (SSSR count). The summed E-state index contributed by atoms with van der Waals surface area (Å²) in [5, 5.41) is 17.9. The Kier molecular flexibility index (Phi) is 9.51. The van der Waals surface area contributed by atoms with E-state index in [9.17, 15) is 9.59 Å². The predicted molar refractivity (Wildman–Crippen MR) is 153 cm³/mol. The number of aliphatic hydroxyl groups excluding tert-OH is 1. The third-order valence-electron chi connectivity index (χ3n) is 6.56. The van der Waals surface area contributed by atoms with Crippen LogP contribution in [0.4, 0.5) is 26.7 Å². The average molecular weight is 553 g/mol. The monoisotopic (exact) mass is 552 g/mol. The lowest BCUT2D eigenvalue weighted by molar-refractivity contribution is 0.194. The summed E-state index contributed by atoms with van der Waals surface area (Å²) in [6, 6.07) is 17.8. The summed E-state index contributed by atoms with van der Waals surface area (Å²) in [4.78, 5) is 27.1. The highest BCUT2D eigenvalue weighted by atomic mass is 35.5. The van der Waals surface area contributed by atoms with Gasteiger partial charge in [0.1, 0.15) is 18.1 Å². The lowest BCUT2D eigenvalue weighted by Crippen LogP contribution is -2.40. The Labute approximate surface area is 233 Å². The van der Waals surface area contributed by atoms with E-state index in [-0.39, 0.29) is 25.3 Å². The van der Waals surface area contributed by atoms with Gasteiger partial charge in [0.05, 0.1) is 30.1 Å². The molecule has 4 N–H and O–H groups in total. The van der Waals surface area contributed by atoms with Crippen molar-refractivity contribution in [1.29, 1.82) is 0 Å². The van der Waals surface area contributed by atoms with E-state index < -0.39 is 0 Å².